The zero-order chi connectivity index (χ0) is 10.8. The third-order valence-electron chi connectivity index (χ3n) is 2.36. The van der Waals surface area contributed by atoms with Gasteiger partial charge >= 0.3 is 0 Å². The van der Waals surface area contributed by atoms with Crippen LogP contribution in [-0.2, 0) is 0 Å². The van der Waals surface area contributed by atoms with Crippen LogP contribution in [0, 0.1) is 0 Å². The van der Waals surface area contributed by atoms with Gasteiger partial charge in [-0.25, -0.2) is 0 Å². The van der Waals surface area contributed by atoms with E-state index in [1.54, 1.807) is 32.5 Å². The smallest absolute Gasteiger partial charge is 0.152 e. The minimum atomic E-state index is 0.570. The number of aromatic nitrogens is 1. The van der Waals surface area contributed by atoms with Gasteiger partial charge in [-0.2, -0.15) is 0 Å². The fourth-order valence-corrected chi connectivity index (χ4v) is 1.65. The Labute approximate surface area is 86.8 Å². The molecule has 78 valence electrons. The number of hydrogen-bond donors (Lipinski definition) is 1. The van der Waals surface area contributed by atoms with E-state index in [2.05, 4.69) is 4.98 Å². The number of fused-ring (bicyclic) bond motifs is 1. The lowest BCUT2D eigenvalue weighted by Gasteiger charge is -2.06. The van der Waals surface area contributed by atoms with Gasteiger partial charge in [0.15, 0.2) is 6.29 Å². The molecule has 1 heterocycles. The Morgan fingerprint density at radius 1 is 1.20 bits per heavy atom. The summed E-state index contributed by atoms with van der Waals surface area (Å²) in [6.07, 6.45) is 2.43. The fraction of sp³-hybridized carbons (Fsp3) is 0.182. The van der Waals surface area contributed by atoms with Crippen molar-refractivity contribution < 1.29 is 14.3 Å². The molecule has 1 aromatic carbocycles. The van der Waals surface area contributed by atoms with Crippen LogP contribution in [0.4, 0.5) is 0 Å². The van der Waals surface area contributed by atoms with E-state index in [0.29, 0.717) is 17.1 Å². The number of carbonyl (C=O) groups is 1. The number of aldehydes is 1. The van der Waals surface area contributed by atoms with E-state index in [1.807, 2.05) is 0 Å². The van der Waals surface area contributed by atoms with Gasteiger partial charge in [0, 0.05) is 11.8 Å². The Morgan fingerprint density at radius 2 is 1.87 bits per heavy atom. The molecule has 4 nitrogen and oxygen atoms in total. The van der Waals surface area contributed by atoms with Crippen molar-refractivity contribution in [2.24, 2.45) is 0 Å². The van der Waals surface area contributed by atoms with Gasteiger partial charge in [-0.1, -0.05) is 0 Å². The normalized spacial score (nSPS) is 10.3. The number of carbonyl (C=O) groups excluding carboxylic acids is 1. The molecule has 1 aromatic heterocycles. The summed E-state index contributed by atoms with van der Waals surface area (Å²) in [5.74, 6) is 1.35. The molecule has 2 rings (SSSR count). The van der Waals surface area contributed by atoms with E-state index >= 15 is 0 Å². The summed E-state index contributed by atoms with van der Waals surface area (Å²) in [5, 5.41) is 0.756. The average molecular weight is 205 g/mol. The highest BCUT2D eigenvalue weighted by Crippen LogP contribution is 2.34. The predicted octanol–water partition coefficient (Wildman–Crippen LogP) is 2.00. The second kappa shape index (κ2) is 3.65. The lowest BCUT2D eigenvalue weighted by Crippen LogP contribution is -1.89. The van der Waals surface area contributed by atoms with Crippen LogP contribution < -0.4 is 9.47 Å². The van der Waals surface area contributed by atoms with Crippen LogP contribution in [0.15, 0.2) is 18.3 Å². The summed E-state index contributed by atoms with van der Waals surface area (Å²) in [6, 6.07) is 3.58. The van der Waals surface area contributed by atoms with E-state index in [1.165, 1.54) is 0 Å². The zero-order valence-corrected chi connectivity index (χ0v) is 8.53. The second-order valence-corrected chi connectivity index (χ2v) is 3.08. The number of ether oxygens (including phenoxy) is 2. The maximum Gasteiger partial charge on any atom is 0.152 e. The lowest BCUT2D eigenvalue weighted by molar-refractivity contribution is 0.112. The van der Waals surface area contributed by atoms with Crippen LogP contribution in [0.5, 0.6) is 11.5 Å². The largest absolute Gasteiger partial charge is 0.496 e. The average Bonchev–Trinajstić information content (AvgIpc) is 2.71. The van der Waals surface area contributed by atoms with Gasteiger partial charge in [-0.3, -0.25) is 4.79 Å². The van der Waals surface area contributed by atoms with E-state index < -0.39 is 0 Å². The van der Waals surface area contributed by atoms with Crippen molar-refractivity contribution in [3.63, 3.8) is 0 Å². The molecule has 15 heavy (non-hydrogen) atoms. The highest BCUT2D eigenvalue weighted by Gasteiger charge is 2.12. The third-order valence-corrected chi connectivity index (χ3v) is 2.36. The summed E-state index contributed by atoms with van der Waals surface area (Å²) >= 11 is 0. The summed E-state index contributed by atoms with van der Waals surface area (Å²) in [4.78, 5) is 13.8. The van der Waals surface area contributed by atoms with Crippen molar-refractivity contribution in [3.8, 4) is 11.5 Å². The summed E-state index contributed by atoms with van der Waals surface area (Å²) < 4.78 is 10.4. The molecule has 0 bridgehead atoms. The molecule has 0 amide bonds. The Bertz CT molecular complexity index is 502. The van der Waals surface area contributed by atoms with Gasteiger partial charge in [0.05, 0.1) is 25.1 Å². The SMILES string of the molecule is COc1ccc(OC)c2c(C=O)c[nH]c12. The Balaban J connectivity index is 2.82. The molecule has 0 saturated carbocycles. The zero-order valence-electron chi connectivity index (χ0n) is 8.53. The monoisotopic (exact) mass is 205 g/mol. The molecule has 0 aliphatic rings. The number of hydrogen-bond acceptors (Lipinski definition) is 3. The number of aromatic amines is 1. The highest BCUT2D eigenvalue weighted by atomic mass is 16.5. The van der Waals surface area contributed by atoms with Crippen LogP contribution in [0.3, 0.4) is 0 Å². The van der Waals surface area contributed by atoms with Crippen LogP contribution in [0.25, 0.3) is 10.9 Å². The van der Waals surface area contributed by atoms with E-state index in [4.69, 9.17) is 9.47 Å². The molecule has 0 aliphatic heterocycles. The van der Waals surface area contributed by atoms with Gasteiger partial charge in [-0.05, 0) is 12.1 Å². The molecule has 4 heteroatoms. The van der Waals surface area contributed by atoms with Gasteiger partial charge in [0.25, 0.3) is 0 Å². The quantitative estimate of drug-likeness (QED) is 0.779. The van der Waals surface area contributed by atoms with Crippen molar-refractivity contribution in [3.05, 3.63) is 23.9 Å². The molecule has 0 aliphatic carbocycles. The predicted molar refractivity (Wildman–Crippen MR) is 56.8 cm³/mol. The van der Waals surface area contributed by atoms with Crippen LogP contribution in [-0.4, -0.2) is 25.5 Å². The third kappa shape index (κ3) is 1.34. The second-order valence-electron chi connectivity index (χ2n) is 3.08. The summed E-state index contributed by atoms with van der Waals surface area (Å²) in [5.41, 5.74) is 1.35. The number of methoxy groups -OCH3 is 2. The van der Waals surface area contributed by atoms with Crippen LogP contribution in [0.2, 0.25) is 0 Å². The Hall–Kier alpha value is -1.97. The van der Waals surface area contributed by atoms with Crippen LogP contribution >= 0.6 is 0 Å². The first-order valence-electron chi connectivity index (χ1n) is 4.49. The van der Waals surface area contributed by atoms with Gasteiger partial charge < -0.3 is 14.5 Å². The number of rotatable bonds is 3. The van der Waals surface area contributed by atoms with Crippen molar-refractivity contribution >= 4 is 17.2 Å². The van der Waals surface area contributed by atoms with Crippen LogP contribution in [0.1, 0.15) is 10.4 Å². The number of benzene rings is 1. The molecule has 0 fully saturated rings. The summed E-state index contributed by atoms with van der Waals surface area (Å²) in [6.45, 7) is 0. The van der Waals surface area contributed by atoms with E-state index in [-0.39, 0.29) is 0 Å². The minimum Gasteiger partial charge on any atom is -0.496 e. The topological polar surface area (TPSA) is 51.3 Å². The Morgan fingerprint density at radius 3 is 2.47 bits per heavy atom. The van der Waals surface area contributed by atoms with Crippen molar-refractivity contribution in [1.29, 1.82) is 0 Å². The molecule has 0 saturated heterocycles. The molecule has 0 unspecified atom stereocenters. The first-order chi connectivity index (χ1) is 7.31. The lowest BCUT2D eigenvalue weighted by atomic mass is 10.1. The van der Waals surface area contributed by atoms with Crippen molar-refractivity contribution in [2.45, 2.75) is 0 Å². The molecule has 2 aromatic rings. The standard InChI is InChI=1S/C11H11NO3/c1-14-8-3-4-9(15-2)11-10(8)7(6-13)5-12-11/h3-6,12H,1-2H3. The first kappa shape index (κ1) is 9.58. The van der Waals surface area contributed by atoms with Crippen molar-refractivity contribution in [2.75, 3.05) is 14.2 Å². The highest BCUT2D eigenvalue weighted by molar-refractivity contribution is 6.03. The molecule has 0 radical (unpaired) electrons. The van der Waals surface area contributed by atoms with E-state index in [9.17, 15) is 4.79 Å². The number of H-pyrrole nitrogens is 1. The maximum absolute atomic E-state index is 10.8. The van der Waals surface area contributed by atoms with Gasteiger partial charge in [-0.15, -0.1) is 0 Å². The van der Waals surface area contributed by atoms with Crippen molar-refractivity contribution in [1.82, 2.24) is 4.98 Å². The van der Waals surface area contributed by atoms with Gasteiger partial charge in [0.2, 0.25) is 0 Å². The molecule has 0 atom stereocenters. The first-order valence-corrected chi connectivity index (χ1v) is 4.49. The maximum atomic E-state index is 10.8. The fourth-order valence-electron chi connectivity index (χ4n) is 1.65. The minimum absolute atomic E-state index is 0.570. The molecule has 1 N–H and O–H groups in total. The summed E-state index contributed by atoms with van der Waals surface area (Å²) in [7, 11) is 3.16. The Kier molecular flexibility index (Phi) is 2.33. The van der Waals surface area contributed by atoms with Gasteiger partial charge in [0.1, 0.15) is 11.5 Å². The number of nitrogens with one attached hydrogen (secondary N) is 1. The van der Waals surface area contributed by atoms with E-state index in [0.717, 1.165) is 17.2 Å². The molecular weight excluding hydrogens is 194 g/mol. The molecular formula is C11H11NO3. The molecule has 0 spiro atoms.